The van der Waals surface area contributed by atoms with Crippen LogP contribution in [0.15, 0.2) is 0 Å². The molecule has 1 unspecified atom stereocenters. The minimum absolute atomic E-state index is 0.675. The summed E-state index contributed by atoms with van der Waals surface area (Å²) in [4.78, 5) is 0. The molecule has 1 saturated carbocycles. The SMILES string of the molecule is CCCCO[P+](=O)CC1CCCCC1. The van der Waals surface area contributed by atoms with Crippen molar-refractivity contribution >= 4 is 8.03 Å². The van der Waals surface area contributed by atoms with Gasteiger partial charge in [-0.3, -0.25) is 0 Å². The lowest BCUT2D eigenvalue weighted by molar-refractivity contribution is 0.309. The van der Waals surface area contributed by atoms with Gasteiger partial charge in [0.05, 0.1) is 0 Å². The third kappa shape index (κ3) is 5.07. The van der Waals surface area contributed by atoms with Crippen LogP contribution in [0.25, 0.3) is 0 Å². The lowest BCUT2D eigenvalue weighted by Crippen LogP contribution is -2.09. The molecule has 0 heterocycles. The van der Waals surface area contributed by atoms with E-state index in [0.717, 1.165) is 19.0 Å². The molecular weight excluding hydrogens is 195 g/mol. The summed E-state index contributed by atoms with van der Waals surface area (Å²) < 4.78 is 16.8. The fraction of sp³-hybridized carbons (Fsp3) is 1.00. The molecule has 0 bridgehead atoms. The second-order valence-electron chi connectivity index (χ2n) is 4.21. The summed E-state index contributed by atoms with van der Waals surface area (Å²) in [7, 11) is -1.37. The molecule has 1 atom stereocenters. The van der Waals surface area contributed by atoms with E-state index in [-0.39, 0.29) is 0 Å². The van der Waals surface area contributed by atoms with Crippen LogP contribution < -0.4 is 0 Å². The predicted molar refractivity (Wildman–Crippen MR) is 59.9 cm³/mol. The van der Waals surface area contributed by atoms with E-state index in [1.165, 1.54) is 32.1 Å². The summed E-state index contributed by atoms with van der Waals surface area (Å²) >= 11 is 0. The quantitative estimate of drug-likeness (QED) is 0.494. The maximum absolute atomic E-state index is 11.5. The Balaban J connectivity index is 2.06. The molecule has 0 saturated heterocycles. The van der Waals surface area contributed by atoms with Crippen molar-refractivity contribution in [3.05, 3.63) is 0 Å². The zero-order chi connectivity index (χ0) is 10.2. The Morgan fingerprint density at radius 2 is 2.00 bits per heavy atom. The van der Waals surface area contributed by atoms with Crippen LogP contribution >= 0.6 is 8.03 Å². The third-order valence-electron chi connectivity index (χ3n) is 2.87. The smallest absolute Gasteiger partial charge is 0.146 e. The first-order valence-electron chi connectivity index (χ1n) is 5.90. The minimum Gasteiger partial charge on any atom is -0.146 e. The molecule has 0 aromatic heterocycles. The van der Waals surface area contributed by atoms with Gasteiger partial charge in [-0.15, -0.1) is 4.52 Å². The monoisotopic (exact) mass is 217 g/mol. The van der Waals surface area contributed by atoms with Gasteiger partial charge in [0, 0.05) is 5.92 Å². The van der Waals surface area contributed by atoms with Gasteiger partial charge in [-0.2, -0.15) is 0 Å². The molecule has 1 fully saturated rings. The highest BCUT2D eigenvalue weighted by atomic mass is 31.1. The first-order chi connectivity index (χ1) is 6.83. The Labute approximate surface area is 88.3 Å². The van der Waals surface area contributed by atoms with E-state index in [2.05, 4.69) is 6.92 Å². The average Bonchev–Trinajstić information content (AvgIpc) is 2.20. The lowest BCUT2D eigenvalue weighted by atomic mass is 9.91. The van der Waals surface area contributed by atoms with Gasteiger partial charge in [-0.05, 0) is 23.8 Å². The maximum Gasteiger partial charge on any atom is 0.508 e. The Kier molecular flexibility index (Phi) is 6.38. The zero-order valence-corrected chi connectivity index (χ0v) is 10.1. The van der Waals surface area contributed by atoms with Gasteiger partial charge in [0.1, 0.15) is 6.61 Å². The molecule has 0 N–H and O–H groups in total. The van der Waals surface area contributed by atoms with Crippen molar-refractivity contribution in [3.8, 4) is 0 Å². The largest absolute Gasteiger partial charge is 0.508 e. The van der Waals surface area contributed by atoms with Crippen molar-refractivity contribution in [1.82, 2.24) is 0 Å². The van der Waals surface area contributed by atoms with Gasteiger partial charge in [0.15, 0.2) is 6.16 Å². The molecule has 0 aromatic rings. The van der Waals surface area contributed by atoms with Gasteiger partial charge in [0.2, 0.25) is 0 Å². The second-order valence-corrected chi connectivity index (χ2v) is 5.49. The Morgan fingerprint density at radius 1 is 1.29 bits per heavy atom. The summed E-state index contributed by atoms with van der Waals surface area (Å²) in [5.41, 5.74) is 0. The number of unbranched alkanes of at least 4 members (excludes halogenated alkanes) is 1. The fourth-order valence-corrected chi connectivity index (χ4v) is 3.17. The Hall–Kier alpha value is 0.0600. The maximum atomic E-state index is 11.5. The van der Waals surface area contributed by atoms with Crippen LogP contribution in [0.5, 0.6) is 0 Å². The van der Waals surface area contributed by atoms with E-state index in [1.807, 2.05) is 0 Å². The van der Waals surface area contributed by atoms with Gasteiger partial charge in [0.25, 0.3) is 0 Å². The summed E-state index contributed by atoms with van der Waals surface area (Å²) in [5, 5.41) is 0. The molecule has 1 aliphatic rings. The topological polar surface area (TPSA) is 26.3 Å². The highest BCUT2D eigenvalue weighted by Gasteiger charge is 2.25. The Bertz CT molecular complexity index is 165. The second kappa shape index (κ2) is 7.36. The van der Waals surface area contributed by atoms with Crippen LogP contribution in [-0.2, 0) is 9.09 Å². The third-order valence-corrected chi connectivity index (χ3v) is 4.15. The molecule has 1 rings (SSSR count). The molecule has 14 heavy (non-hydrogen) atoms. The molecule has 0 radical (unpaired) electrons. The van der Waals surface area contributed by atoms with Crippen LogP contribution in [0.3, 0.4) is 0 Å². The molecule has 3 heteroatoms. The molecule has 82 valence electrons. The lowest BCUT2D eigenvalue weighted by Gasteiger charge is -2.16. The van der Waals surface area contributed by atoms with Crippen molar-refractivity contribution in [2.45, 2.75) is 51.9 Å². The molecular formula is C11H22O2P+. The highest BCUT2D eigenvalue weighted by Crippen LogP contribution is 2.33. The van der Waals surface area contributed by atoms with Gasteiger partial charge >= 0.3 is 8.03 Å². The molecule has 0 aromatic carbocycles. The minimum atomic E-state index is -1.37. The van der Waals surface area contributed by atoms with E-state index in [0.29, 0.717) is 12.5 Å². The number of hydrogen-bond acceptors (Lipinski definition) is 2. The number of hydrogen-bond donors (Lipinski definition) is 0. The van der Waals surface area contributed by atoms with Crippen LogP contribution in [0.2, 0.25) is 0 Å². The van der Waals surface area contributed by atoms with Crippen molar-refractivity contribution in [3.63, 3.8) is 0 Å². The first kappa shape index (κ1) is 12.1. The number of rotatable bonds is 6. The Morgan fingerprint density at radius 3 is 2.64 bits per heavy atom. The standard InChI is InChI=1S/C11H22O2P/c1-2-3-9-13-14(12)10-11-7-5-4-6-8-11/h11H,2-10H2,1H3/q+1. The molecule has 1 aliphatic carbocycles. The predicted octanol–water partition coefficient (Wildman–Crippen LogP) is 4.13. The van der Waals surface area contributed by atoms with Crippen LogP contribution in [0, 0.1) is 5.92 Å². The van der Waals surface area contributed by atoms with Gasteiger partial charge < -0.3 is 0 Å². The average molecular weight is 217 g/mol. The van der Waals surface area contributed by atoms with E-state index in [9.17, 15) is 4.57 Å². The molecule has 0 aliphatic heterocycles. The van der Waals surface area contributed by atoms with E-state index >= 15 is 0 Å². The van der Waals surface area contributed by atoms with Crippen molar-refractivity contribution in [2.24, 2.45) is 5.92 Å². The van der Waals surface area contributed by atoms with Gasteiger partial charge in [-0.1, -0.05) is 32.6 Å². The fourth-order valence-electron chi connectivity index (χ4n) is 1.94. The normalized spacial score (nSPS) is 19.6. The molecule has 2 nitrogen and oxygen atoms in total. The summed E-state index contributed by atoms with van der Waals surface area (Å²) in [5.74, 6) is 0.675. The van der Waals surface area contributed by atoms with E-state index < -0.39 is 8.03 Å². The van der Waals surface area contributed by atoms with Crippen LogP contribution in [-0.4, -0.2) is 12.8 Å². The summed E-state index contributed by atoms with van der Waals surface area (Å²) in [6.45, 7) is 2.80. The van der Waals surface area contributed by atoms with Crippen molar-refractivity contribution < 1.29 is 9.09 Å². The van der Waals surface area contributed by atoms with Crippen molar-refractivity contribution in [2.75, 3.05) is 12.8 Å². The molecule has 0 spiro atoms. The zero-order valence-electron chi connectivity index (χ0n) is 9.21. The molecule has 0 amide bonds. The van der Waals surface area contributed by atoms with Crippen LogP contribution in [0.4, 0.5) is 0 Å². The van der Waals surface area contributed by atoms with E-state index in [1.54, 1.807) is 0 Å². The highest BCUT2D eigenvalue weighted by molar-refractivity contribution is 7.39. The summed E-state index contributed by atoms with van der Waals surface area (Å²) in [6, 6.07) is 0. The first-order valence-corrected chi connectivity index (χ1v) is 7.26. The summed E-state index contributed by atoms with van der Waals surface area (Å²) in [6.07, 6.45) is 9.49. The van der Waals surface area contributed by atoms with Gasteiger partial charge in [-0.25, -0.2) is 0 Å². The van der Waals surface area contributed by atoms with E-state index in [4.69, 9.17) is 4.52 Å². The van der Waals surface area contributed by atoms with Crippen molar-refractivity contribution in [1.29, 1.82) is 0 Å². The van der Waals surface area contributed by atoms with Crippen LogP contribution in [0.1, 0.15) is 51.9 Å².